The summed E-state index contributed by atoms with van der Waals surface area (Å²) in [5.41, 5.74) is 6.19. The highest BCUT2D eigenvalue weighted by Gasteiger charge is 2.14. The smallest absolute Gasteiger partial charge is 0.255 e. The van der Waals surface area contributed by atoms with E-state index in [9.17, 15) is 9.18 Å². The molecule has 0 heterocycles. The fourth-order valence-electron chi connectivity index (χ4n) is 1.42. The summed E-state index contributed by atoms with van der Waals surface area (Å²) < 4.78 is 13.0. The van der Waals surface area contributed by atoms with Gasteiger partial charge in [0.05, 0.1) is 5.56 Å². The van der Waals surface area contributed by atoms with Gasteiger partial charge in [0, 0.05) is 19.3 Å². The highest BCUT2D eigenvalue weighted by atomic mass is 19.1. The van der Waals surface area contributed by atoms with E-state index in [1.165, 1.54) is 18.2 Å². The Labute approximate surface area is 95.0 Å². The molecule has 1 rings (SSSR count). The first-order chi connectivity index (χ1) is 7.56. The number of halogens is 1. The SMILES string of the molecule is CCCCN(C)C(=O)c1cc(F)ccc1N. The molecule has 1 aromatic carbocycles. The van der Waals surface area contributed by atoms with Crippen molar-refractivity contribution in [2.24, 2.45) is 0 Å². The Morgan fingerprint density at radius 2 is 2.19 bits per heavy atom. The van der Waals surface area contributed by atoms with E-state index in [2.05, 4.69) is 6.92 Å². The van der Waals surface area contributed by atoms with E-state index < -0.39 is 5.82 Å². The largest absolute Gasteiger partial charge is 0.398 e. The Hall–Kier alpha value is -1.58. The van der Waals surface area contributed by atoms with Crippen molar-refractivity contribution in [1.29, 1.82) is 0 Å². The number of benzene rings is 1. The normalized spacial score (nSPS) is 10.2. The minimum atomic E-state index is -0.443. The molecule has 0 spiro atoms. The van der Waals surface area contributed by atoms with Crippen LogP contribution in [0.5, 0.6) is 0 Å². The fourth-order valence-corrected chi connectivity index (χ4v) is 1.42. The lowest BCUT2D eigenvalue weighted by Gasteiger charge is -2.17. The molecular formula is C12H17FN2O. The molecule has 4 heteroatoms. The number of nitrogen functional groups attached to an aromatic ring is 1. The van der Waals surface area contributed by atoms with Crippen molar-refractivity contribution >= 4 is 11.6 Å². The number of carbonyl (C=O) groups excluding carboxylic acids is 1. The van der Waals surface area contributed by atoms with E-state index in [0.29, 0.717) is 12.2 Å². The van der Waals surface area contributed by atoms with Crippen molar-refractivity contribution in [2.45, 2.75) is 19.8 Å². The molecule has 2 N–H and O–H groups in total. The molecular weight excluding hydrogens is 207 g/mol. The van der Waals surface area contributed by atoms with Crippen LogP contribution in [0.25, 0.3) is 0 Å². The standard InChI is InChI=1S/C12H17FN2O/c1-3-4-7-15(2)12(16)10-8-9(13)5-6-11(10)14/h5-6,8H,3-4,7,14H2,1-2H3. The Bertz CT molecular complexity index is 379. The van der Waals surface area contributed by atoms with Gasteiger partial charge in [-0.3, -0.25) is 4.79 Å². The van der Waals surface area contributed by atoms with E-state index in [1.54, 1.807) is 11.9 Å². The van der Waals surface area contributed by atoms with E-state index in [4.69, 9.17) is 5.73 Å². The molecule has 0 aliphatic heterocycles. The average molecular weight is 224 g/mol. The number of nitrogens with zero attached hydrogens (tertiary/aromatic N) is 1. The van der Waals surface area contributed by atoms with Crippen LogP contribution in [0, 0.1) is 5.82 Å². The Morgan fingerprint density at radius 3 is 2.81 bits per heavy atom. The number of hydrogen-bond acceptors (Lipinski definition) is 2. The maximum atomic E-state index is 13.0. The molecule has 0 saturated carbocycles. The third-order valence-corrected chi connectivity index (χ3v) is 2.44. The molecule has 1 amide bonds. The molecule has 0 aliphatic carbocycles. The number of anilines is 1. The number of amides is 1. The Morgan fingerprint density at radius 1 is 1.50 bits per heavy atom. The quantitative estimate of drug-likeness (QED) is 0.797. The minimum Gasteiger partial charge on any atom is -0.398 e. The monoisotopic (exact) mass is 224 g/mol. The van der Waals surface area contributed by atoms with Crippen molar-refractivity contribution in [2.75, 3.05) is 19.3 Å². The van der Waals surface area contributed by atoms with Crippen molar-refractivity contribution in [3.63, 3.8) is 0 Å². The van der Waals surface area contributed by atoms with Crippen LogP contribution in [0.1, 0.15) is 30.1 Å². The predicted molar refractivity (Wildman–Crippen MR) is 62.7 cm³/mol. The van der Waals surface area contributed by atoms with Gasteiger partial charge in [-0.25, -0.2) is 4.39 Å². The Balaban J connectivity index is 2.83. The topological polar surface area (TPSA) is 46.3 Å². The Kier molecular flexibility index (Phi) is 4.28. The molecule has 0 bridgehead atoms. The molecule has 16 heavy (non-hydrogen) atoms. The lowest BCUT2D eigenvalue weighted by molar-refractivity contribution is 0.0794. The van der Waals surface area contributed by atoms with Crippen molar-refractivity contribution in [1.82, 2.24) is 4.90 Å². The van der Waals surface area contributed by atoms with Crippen LogP contribution in [0.4, 0.5) is 10.1 Å². The van der Waals surface area contributed by atoms with Crippen molar-refractivity contribution in [3.8, 4) is 0 Å². The lowest BCUT2D eigenvalue weighted by atomic mass is 10.1. The summed E-state index contributed by atoms with van der Waals surface area (Å²) in [5, 5.41) is 0. The molecule has 0 saturated heterocycles. The molecule has 0 radical (unpaired) electrons. The van der Waals surface area contributed by atoms with Crippen molar-refractivity contribution < 1.29 is 9.18 Å². The van der Waals surface area contributed by atoms with Gasteiger partial charge in [0.1, 0.15) is 5.82 Å². The molecule has 0 atom stereocenters. The second kappa shape index (κ2) is 5.49. The van der Waals surface area contributed by atoms with Crippen LogP contribution in [0.15, 0.2) is 18.2 Å². The number of rotatable bonds is 4. The van der Waals surface area contributed by atoms with Gasteiger partial charge in [-0.1, -0.05) is 13.3 Å². The van der Waals surface area contributed by atoms with Gasteiger partial charge in [-0.05, 0) is 24.6 Å². The second-order valence-electron chi connectivity index (χ2n) is 3.81. The van der Waals surface area contributed by atoms with Gasteiger partial charge in [-0.2, -0.15) is 0 Å². The fraction of sp³-hybridized carbons (Fsp3) is 0.417. The molecule has 0 unspecified atom stereocenters. The minimum absolute atomic E-state index is 0.231. The molecule has 88 valence electrons. The lowest BCUT2D eigenvalue weighted by Crippen LogP contribution is -2.28. The first-order valence-electron chi connectivity index (χ1n) is 5.36. The highest BCUT2D eigenvalue weighted by Crippen LogP contribution is 2.15. The van der Waals surface area contributed by atoms with Crippen LogP contribution in [0.2, 0.25) is 0 Å². The first kappa shape index (κ1) is 12.5. The number of unbranched alkanes of at least 4 members (excludes halogenated alkanes) is 1. The van der Waals surface area contributed by atoms with Crippen LogP contribution >= 0.6 is 0 Å². The van der Waals surface area contributed by atoms with Crippen LogP contribution in [0.3, 0.4) is 0 Å². The molecule has 0 aliphatic rings. The summed E-state index contributed by atoms with van der Waals surface area (Å²) >= 11 is 0. The van der Waals surface area contributed by atoms with Crippen LogP contribution in [-0.4, -0.2) is 24.4 Å². The zero-order valence-electron chi connectivity index (χ0n) is 9.66. The molecule has 1 aromatic rings. The number of carbonyl (C=O) groups is 1. The molecule has 0 aromatic heterocycles. The highest BCUT2D eigenvalue weighted by molar-refractivity contribution is 5.98. The number of nitrogens with two attached hydrogens (primary N) is 1. The third-order valence-electron chi connectivity index (χ3n) is 2.44. The molecule has 0 fully saturated rings. The van der Waals surface area contributed by atoms with E-state index >= 15 is 0 Å². The summed E-state index contributed by atoms with van der Waals surface area (Å²) in [4.78, 5) is 13.5. The van der Waals surface area contributed by atoms with Crippen LogP contribution in [-0.2, 0) is 0 Å². The molecule has 3 nitrogen and oxygen atoms in total. The average Bonchev–Trinajstić information content (AvgIpc) is 2.28. The summed E-state index contributed by atoms with van der Waals surface area (Å²) in [7, 11) is 1.70. The van der Waals surface area contributed by atoms with Crippen LogP contribution < -0.4 is 5.73 Å². The first-order valence-corrected chi connectivity index (χ1v) is 5.36. The zero-order chi connectivity index (χ0) is 12.1. The summed E-state index contributed by atoms with van der Waals surface area (Å²) in [6, 6.07) is 3.84. The van der Waals surface area contributed by atoms with E-state index in [-0.39, 0.29) is 11.5 Å². The maximum Gasteiger partial charge on any atom is 0.255 e. The predicted octanol–water partition coefficient (Wildman–Crippen LogP) is 2.28. The summed E-state index contributed by atoms with van der Waals surface area (Å²) in [6.45, 7) is 2.71. The van der Waals surface area contributed by atoms with Gasteiger partial charge >= 0.3 is 0 Å². The second-order valence-corrected chi connectivity index (χ2v) is 3.81. The van der Waals surface area contributed by atoms with Crippen molar-refractivity contribution in [3.05, 3.63) is 29.6 Å². The number of hydrogen-bond donors (Lipinski definition) is 1. The third kappa shape index (κ3) is 2.95. The summed E-state index contributed by atoms with van der Waals surface area (Å²) in [5.74, 6) is -0.674. The zero-order valence-corrected chi connectivity index (χ0v) is 9.66. The van der Waals surface area contributed by atoms with Gasteiger partial charge in [-0.15, -0.1) is 0 Å². The van der Waals surface area contributed by atoms with Gasteiger partial charge in [0.25, 0.3) is 5.91 Å². The van der Waals surface area contributed by atoms with E-state index in [1.807, 2.05) is 0 Å². The van der Waals surface area contributed by atoms with Gasteiger partial charge < -0.3 is 10.6 Å². The van der Waals surface area contributed by atoms with Gasteiger partial charge in [0.15, 0.2) is 0 Å². The summed E-state index contributed by atoms with van der Waals surface area (Å²) in [6.07, 6.45) is 1.94. The maximum absolute atomic E-state index is 13.0. The van der Waals surface area contributed by atoms with Gasteiger partial charge in [0.2, 0.25) is 0 Å². The van der Waals surface area contributed by atoms with E-state index in [0.717, 1.165) is 12.8 Å².